The van der Waals surface area contributed by atoms with Gasteiger partial charge in [0.25, 0.3) is 0 Å². The molecule has 0 spiro atoms. The van der Waals surface area contributed by atoms with Crippen molar-refractivity contribution in [2.75, 3.05) is 0 Å². The molecule has 2 rings (SSSR count). The molecule has 0 aliphatic carbocycles. The number of carboxylic acids is 1. The van der Waals surface area contributed by atoms with E-state index < -0.39 is 5.97 Å². The predicted octanol–water partition coefficient (Wildman–Crippen LogP) is 1.77. The summed E-state index contributed by atoms with van der Waals surface area (Å²) < 4.78 is 0. The number of aromatic carboxylic acids is 1. The Hall–Kier alpha value is -2.23. The van der Waals surface area contributed by atoms with Gasteiger partial charge < -0.3 is 5.11 Å². The fourth-order valence-corrected chi connectivity index (χ4v) is 1.44. The average molecular weight is 214 g/mol. The summed E-state index contributed by atoms with van der Waals surface area (Å²) in [4.78, 5) is 18.6. The molecule has 0 unspecified atom stereocenters. The smallest absolute Gasteiger partial charge is 0.337 e. The molecule has 0 fully saturated rings. The zero-order chi connectivity index (χ0) is 11.4. The van der Waals surface area contributed by atoms with Crippen LogP contribution >= 0.6 is 0 Å². The van der Waals surface area contributed by atoms with Crippen LogP contribution in [0.15, 0.2) is 43.0 Å². The number of carbonyl (C=O) groups is 1. The van der Waals surface area contributed by atoms with Crippen LogP contribution in [0.3, 0.4) is 0 Å². The molecule has 0 bridgehead atoms. The molecule has 0 aliphatic rings. The molecule has 0 atom stereocenters. The van der Waals surface area contributed by atoms with Gasteiger partial charge in [0.15, 0.2) is 0 Å². The number of aromatic nitrogens is 2. The van der Waals surface area contributed by atoms with Crippen LogP contribution in [-0.2, 0) is 6.42 Å². The van der Waals surface area contributed by atoms with Crippen molar-refractivity contribution in [1.29, 1.82) is 0 Å². The molecule has 0 saturated heterocycles. The summed E-state index contributed by atoms with van der Waals surface area (Å²) in [6, 6.07) is 5.43. The molecule has 2 aromatic heterocycles. The molecule has 0 aromatic carbocycles. The van der Waals surface area contributed by atoms with Crippen LogP contribution in [-0.4, -0.2) is 21.0 Å². The average Bonchev–Trinajstić information content (AvgIpc) is 2.30. The Morgan fingerprint density at radius 1 is 1.12 bits per heavy atom. The summed E-state index contributed by atoms with van der Waals surface area (Å²) in [5.74, 6) is -0.955. The maximum atomic E-state index is 10.8. The second-order valence-corrected chi connectivity index (χ2v) is 3.42. The third kappa shape index (κ3) is 2.42. The highest BCUT2D eigenvalue weighted by Gasteiger charge is 2.04. The number of pyridine rings is 2. The molecular formula is C12H10N2O2. The normalized spacial score (nSPS) is 10.0. The third-order valence-corrected chi connectivity index (χ3v) is 2.20. The third-order valence-electron chi connectivity index (χ3n) is 2.20. The van der Waals surface area contributed by atoms with Crippen molar-refractivity contribution in [3.63, 3.8) is 0 Å². The standard InChI is InChI=1S/C12H10N2O2/c15-12(16)11-6-10(7-14-8-11)5-9-1-3-13-4-2-9/h1-4,6-8H,5H2,(H,15,16). The van der Waals surface area contributed by atoms with Crippen molar-refractivity contribution in [2.24, 2.45) is 0 Å². The van der Waals surface area contributed by atoms with Crippen LogP contribution < -0.4 is 0 Å². The number of nitrogens with zero attached hydrogens (tertiary/aromatic N) is 2. The van der Waals surface area contributed by atoms with Gasteiger partial charge in [0.05, 0.1) is 5.56 Å². The summed E-state index contributed by atoms with van der Waals surface area (Å²) in [5.41, 5.74) is 2.18. The molecule has 1 N–H and O–H groups in total. The molecule has 4 nitrogen and oxygen atoms in total. The highest BCUT2D eigenvalue weighted by atomic mass is 16.4. The van der Waals surface area contributed by atoms with Gasteiger partial charge in [0, 0.05) is 24.8 Å². The van der Waals surface area contributed by atoms with E-state index in [9.17, 15) is 4.79 Å². The van der Waals surface area contributed by atoms with E-state index in [4.69, 9.17) is 5.11 Å². The SMILES string of the molecule is O=C(O)c1cncc(Cc2ccncc2)c1. The fraction of sp³-hybridized carbons (Fsp3) is 0.0833. The van der Waals surface area contributed by atoms with Crippen LogP contribution in [0.25, 0.3) is 0 Å². The maximum Gasteiger partial charge on any atom is 0.337 e. The molecule has 0 radical (unpaired) electrons. The van der Waals surface area contributed by atoms with E-state index in [1.807, 2.05) is 12.1 Å². The van der Waals surface area contributed by atoms with E-state index in [0.29, 0.717) is 6.42 Å². The first kappa shape index (κ1) is 10.3. The van der Waals surface area contributed by atoms with Crippen LogP contribution in [0.1, 0.15) is 21.5 Å². The van der Waals surface area contributed by atoms with E-state index >= 15 is 0 Å². The van der Waals surface area contributed by atoms with Crippen molar-refractivity contribution < 1.29 is 9.90 Å². The van der Waals surface area contributed by atoms with Gasteiger partial charge >= 0.3 is 5.97 Å². The van der Waals surface area contributed by atoms with Crippen LogP contribution in [0.2, 0.25) is 0 Å². The fourth-order valence-electron chi connectivity index (χ4n) is 1.44. The second kappa shape index (κ2) is 4.53. The molecule has 0 aliphatic heterocycles. The Balaban J connectivity index is 2.22. The molecule has 80 valence electrons. The van der Waals surface area contributed by atoms with Gasteiger partial charge in [-0.3, -0.25) is 9.97 Å². The summed E-state index contributed by atoms with van der Waals surface area (Å²) >= 11 is 0. The largest absolute Gasteiger partial charge is 0.478 e. The molecule has 4 heteroatoms. The van der Waals surface area contributed by atoms with Gasteiger partial charge in [0.1, 0.15) is 0 Å². The van der Waals surface area contributed by atoms with Gasteiger partial charge in [-0.1, -0.05) is 0 Å². The monoisotopic (exact) mass is 214 g/mol. The lowest BCUT2D eigenvalue weighted by atomic mass is 10.1. The zero-order valence-electron chi connectivity index (χ0n) is 8.50. The first-order valence-corrected chi connectivity index (χ1v) is 4.82. The summed E-state index contributed by atoms with van der Waals surface area (Å²) in [5, 5.41) is 8.83. The van der Waals surface area contributed by atoms with Gasteiger partial charge in [-0.2, -0.15) is 0 Å². The highest BCUT2D eigenvalue weighted by Crippen LogP contribution is 2.09. The van der Waals surface area contributed by atoms with Gasteiger partial charge in [-0.25, -0.2) is 4.79 Å². The Morgan fingerprint density at radius 3 is 2.56 bits per heavy atom. The van der Waals surface area contributed by atoms with Crippen LogP contribution in [0.5, 0.6) is 0 Å². The molecular weight excluding hydrogens is 204 g/mol. The van der Waals surface area contributed by atoms with Crippen molar-refractivity contribution in [2.45, 2.75) is 6.42 Å². The van der Waals surface area contributed by atoms with Crippen LogP contribution in [0, 0.1) is 0 Å². The Bertz CT molecular complexity index is 497. The molecule has 16 heavy (non-hydrogen) atoms. The van der Waals surface area contributed by atoms with Gasteiger partial charge in [-0.05, 0) is 35.7 Å². The van der Waals surface area contributed by atoms with Gasteiger partial charge in [0.2, 0.25) is 0 Å². The Labute approximate surface area is 92.6 Å². The van der Waals surface area contributed by atoms with Crippen molar-refractivity contribution in [3.05, 3.63) is 59.7 Å². The topological polar surface area (TPSA) is 63.1 Å². The van der Waals surface area contributed by atoms with Crippen molar-refractivity contribution >= 4 is 5.97 Å². The minimum atomic E-state index is -0.955. The van der Waals surface area contributed by atoms with Gasteiger partial charge in [-0.15, -0.1) is 0 Å². The summed E-state index contributed by atoms with van der Waals surface area (Å²) in [7, 11) is 0. The number of hydrogen-bond acceptors (Lipinski definition) is 3. The number of hydrogen-bond donors (Lipinski definition) is 1. The first-order valence-electron chi connectivity index (χ1n) is 4.82. The second-order valence-electron chi connectivity index (χ2n) is 3.42. The maximum absolute atomic E-state index is 10.8. The van der Waals surface area contributed by atoms with E-state index in [1.165, 1.54) is 6.20 Å². The summed E-state index contributed by atoms with van der Waals surface area (Å²) in [6.07, 6.45) is 7.11. The summed E-state index contributed by atoms with van der Waals surface area (Å²) in [6.45, 7) is 0. The Kier molecular flexibility index (Phi) is 2.91. The van der Waals surface area contributed by atoms with E-state index in [1.54, 1.807) is 24.7 Å². The number of rotatable bonds is 3. The molecule has 0 amide bonds. The van der Waals surface area contributed by atoms with Crippen LogP contribution in [0.4, 0.5) is 0 Å². The Morgan fingerprint density at radius 2 is 1.88 bits per heavy atom. The lowest BCUT2D eigenvalue weighted by molar-refractivity contribution is 0.0696. The van der Waals surface area contributed by atoms with Crippen molar-refractivity contribution in [3.8, 4) is 0 Å². The molecule has 0 saturated carbocycles. The predicted molar refractivity (Wildman–Crippen MR) is 58.2 cm³/mol. The molecule has 2 aromatic rings. The lowest BCUT2D eigenvalue weighted by Crippen LogP contribution is -1.99. The quantitative estimate of drug-likeness (QED) is 0.845. The first-order chi connectivity index (χ1) is 7.75. The number of carboxylic acid groups (broad SMARTS) is 1. The van der Waals surface area contributed by atoms with Crippen molar-refractivity contribution in [1.82, 2.24) is 9.97 Å². The minimum Gasteiger partial charge on any atom is -0.478 e. The van der Waals surface area contributed by atoms with E-state index in [-0.39, 0.29) is 5.56 Å². The van der Waals surface area contributed by atoms with E-state index in [2.05, 4.69) is 9.97 Å². The zero-order valence-corrected chi connectivity index (χ0v) is 8.50. The highest BCUT2D eigenvalue weighted by molar-refractivity contribution is 5.87. The molecule has 2 heterocycles. The van der Waals surface area contributed by atoms with E-state index in [0.717, 1.165) is 11.1 Å². The minimum absolute atomic E-state index is 0.214. The lowest BCUT2D eigenvalue weighted by Gasteiger charge is -2.01.